The third-order valence-corrected chi connectivity index (χ3v) is 2.17. The van der Waals surface area contributed by atoms with E-state index in [1.54, 1.807) is 6.07 Å². The zero-order valence-electron chi connectivity index (χ0n) is 7.98. The fraction of sp³-hybridized carbons (Fsp3) is 0. The van der Waals surface area contributed by atoms with Crippen molar-refractivity contribution in [1.82, 2.24) is 21.0 Å². The van der Waals surface area contributed by atoms with Crippen LogP contribution in [-0.4, -0.2) is 20.4 Å². The van der Waals surface area contributed by atoms with Crippen LogP contribution in [0, 0.1) is 0 Å². The van der Waals surface area contributed by atoms with Crippen molar-refractivity contribution in [2.24, 2.45) is 0 Å². The molecule has 1 amide bonds. The Labute approximate surface area is 102 Å². The molecule has 1 aromatic carbocycles. The Morgan fingerprint density at radius 3 is 2.88 bits per heavy atom. The lowest BCUT2D eigenvalue weighted by atomic mass is 10.2. The van der Waals surface area contributed by atoms with Crippen LogP contribution in [0.5, 0.6) is 0 Å². The summed E-state index contributed by atoms with van der Waals surface area (Å²) in [6.45, 7) is 0. The van der Waals surface area contributed by atoms with Gasteiger partial charge in [0.15, 0.2) is 5.69 Å². The van der Waals surface area contributed by atoms with Crippen molar-refractivity contribution in [2.45, 2.75) is 0 Å². The van der Waals surface area contributed by atoms with Crippen LogP contribution in [0.15, 0.2) is 24.3 Å². The fourth-order valence-corrected chi connectivity index (χ4v) is 1.41. The molecule has 2 aromatic rings. The van der Waals surface area contributed by atoms with Gasteiger partial charge in [0.2, 0.25) is 0 Å². The van der Waals surface area contributed by atoms with E-state index in [9.17, 15) is 4.79 Å². The molecule has 0 atom stereocenters. The molecule has 3 N–H and O–H groups in total. The van der Waals surface area contributed by atoms with Crippen molar-refractivity contribution in [3.63, 3.8) is 0 Å². The highest BCUT2D eigenvalue weighted by Gasteiger charge is 2.12. The number of para-hydroxylation sites is 1. The summed E-state index contributed by atoms with van der Waals surface area (Å²) >= 11 is 9.20. The van der Waals surface area contributed by atoms with Crippen LogP contribution in [0.4, 0.5) is 0 Å². The summed E-state index contributed by atoms with van der Waals surface area (Å²) in [6.07, 6.45) is 0. The summed E-state index contributed by atoms with van der Waals surface area (Å²) in [6, 6.07) is 7.34. The minimum absolute atomic E-state index is 0.0770. The number of aromatic nitrogens is 2. The maximum Gasteiger partial charge on any atom is 0.290 e. The molecule has 0 unspecified atom stereocenters. The van der Waals surface area contributed by atoms with E-state index in [1.807, 2.05) is 18.2 Å². The lowest BCUT2D eigenvalue weighted by Crippen LogP contribution is -2.40. The number of carbonyl (C=O) groups is 1. The molecule has 0 aliphatic heterocycles. The number of carbonyl (C=O) groups excluding carboxylic acids is 1. The molecule has 0 aliphatic carbocycles. The smallest absolute Gasteiger partial charge is 0.290 e. The molecule has 1 heterocycles. The second-order valence-electron chi connectivity index (χ2n) is 2.98. The van der Waals surface area contributed by atoms with E-state index < -0.39 is 0 Å². The number of hydrazine groups is 1. The minimum Gasteiger partial charge on any atom is -0.410 e. The van der Waals surface area contributed by atoms with Crippen molar-refractivity contribution in [1.29, 1.82) is 0 Å². The summed E-state index contributed by atoms with van der Waals surface area (Å²) in [5.74, 6) is -0.385. The van der Waals surface area contributed by atoms with Crippen molar-refractivity contribution < 1.29 is 4.79 Å². The summed E-state index contributed by atoms with van der Waals surface area (Å²) < 4.78 is 0.0770. The molecule has 1 aromatic heterocycles. The van der Waals surface area contributed by atoms with Crippen LogP contribution < -0.4 is 10.9 Å². The highest BCUT2D eigenvalue weighted by atomic mass is 32.1. The molecule has 5 nitrogen and oxygen atoms in total. The van der Waals surface area contributed by atoms with Gasteiger partial charge in [-0.3, -0.25) is 15.3 Å². The number of benzene rings is 1. The molecule has 0 radical (unpaired) electrons. The number of H-pyrrole nitrogens is 1. The number of amides is 1. The second kappa shape index (κ2) is 4.42. The molecule has 2 rings (SSSR count). The first kappa shape index (κ1) is 10.8. The number of thiocarbonyl (C=S) groups is 1. The van der Waals surface area contributed by atoms with Crippen molar-refractivity contribution in [3.8, 4) is 0 Å². The highest BCUT2D eigenvalue weighted by molar-refractivity contribution is 8.00. The standard InChI is InChI=1S/C9H8N4OS2/c14-8(12-13-9(15)16)7-5-3-1-2-4-6(5)10-11-7/h1-4H,(H,10,11)(H,12,14)(H2,13,15,16)/p-1. The number of aromatic amines is 1. The van der Waals surface area contributed by atoms with E-state index in [4.69, 9.17) is 0 Å². The van der Waals surface area contributed by atoms with Crippen molar-refractivity contribution >= 4 is 46.0 Å². The molecule has 16 heavy (non-hydrogen) atoms. The first-order chi connectivity index (χ1) is 7.68. The Bertz CT molecular complexity index is 551. The highest BCUT2D eigenvalue weighted by Crippen LogP contribution is 2.14. The Morgan fingerprint density at radius 1 is 1.38 bits per heavy atom. The van der Waals surface area contributed by atoms with Crippen molar-refractivity contribution in [2.75, 3.05) is 0 Å². The third kappa shape index (κ3) is 2.10. The molecular formula is C9H7N4OS2-. The molecular weight excluding hydrogens is 244 g/mol. The van der Waals surface area contributed by atoms with Crippen molar-refractivity contribution in [3.05, 3.63) is 30.0 Å². The van der Waals surface area contributed by atoms with Crippen LogP contribution in [-0.2, 0) is 12.6 Å². The predicted molar refractivity (Wildman–Crippen MR) is 66.7 cm³/mol. The molecule has 0 bridgehead atoms. The SMILES string of the molecule is O=C(NNC(=S)[S-])c1n[nH]c2ccccc12. The maximum atomic E-state index is 11.7. The van der Waals surface area contributed by atoms with Gasteiger partial charge in [0, 0.05) is 5.39 Å². The summed E-state index contributed by atoms with van der Waals surface area (Å²) in [4.78, 5) is 11.7. The fourth-order valence-electron chi connectivity index (χ4n) is 1.30. The molecule has 0 saturated carbocycles. The Kier molecular flexibility index (Phi) is 2.97. The predicted octanol–water partition coefficient (Wildman–Crippen LogP) is 0.629. The topological polar surface area (TPSA) is 69.8 Å². The third-order valence-electron chi connectivity index (χ3n) is 1.96. The maximum absolute atomic E-state index is 11.7. The average Bonchev–Trinajstić information content (AvgIpc) is 2.69. The van der Waals surface area contributed by atoms with Gasteiger partial charge in [0.25, 0.3) is 5.91 Å². The van der Waals surface area contributed by atoms with E-state index in [1.165, 1.54) is 0 Å². The Hall–Kier alpha value is -1.73. The van der Waals surface area contributed by atoms with Gasteiger partial charge in [-0.2, -0.15) is 5.10 Å². The summed E-state index contributed by atoms with van der Waals surface area (Å²) in [5, 5.41) is 7.43. The number of hydrogen-bond donors (Lipinski definition) is 3. The Balaban J connectivity index is 2.26. The van der Waals surface area contributed by atoms with E-state index in [0.717, 1.165) is 10.9 Å². The zero-order chi connectivity index (χ0) is 11.5. The van der Waals surface area contributed by atoms with Gasteiger partial charge in [-0.1, -0.05) is 18.2 Å². The van der Waals surface area contributed by atoms with Crippen LogP contribution in [0.25, 0.3) is 10.9 Å². The van der Waals surface area contributed by atoms with E-state index in [-0.39, 0.29) is 10.2 Å². The largest absolute Gasteiger partial charge is 0.410 e. The van der Waals surface area contributed by atoms with Crippen LogP contribution in [0.3, 0.4) is 0 Å². The van der Waals surface area contributed by atoms with Gasteiger partial charge in [0.1, 0.15) is 0 Å². The number of nitrogens with one attached hydrogen (secondary N) is 3. The van der Waals surface area contributed by atoms with Gasteiger partial charge in [-0.05, 0) is 10.4 Å². The van der Waals surface area contributed by atoms with Gasteiger partial charge >= 0.3 is 0 Å². The molecule has 0 saturated heterocycles. The molecule has 0 fully saturated rings. The normalized spacial score (nSPS) is 10.0. The van der Waals surface area contributed by atoms with E-state index in [0.29, 0.717) is 5.69 Å². The summed E-state index contributed by atoms with van der Waals surface area (Å²) in [5.41, 5.74) is 5.85. The van der Waals surface area contributed by atoms with Crippen LogP contribution in [0.1, 0.15) is 10.5 Å². The number of hydrogen-bond acceptors (Lipinski definition) is 4. The molecule has 7 heteroatoms. The van der Waals surface area contributed by atoms with E-state index in [2.05, 4.69) is 45.9 Å². The van der Waals surface area contributed by atoms with Gasteiger partial charge in [0.05, 0.1) is 5.52 Å². The Morgan fingerprint density at radius 2 is 2.12 bits per heavy atom. The zero-order valence-corrected chi connectivity index (χ0v) is 9.61. The summed E-state index contributed by atoms with van der Waals surface area (Å²) in [7, 11) is 0. The number of nitrogens with zero attached hydrogens (tertiary/aromatic N) is 1. The van der Waals surface area contributed by atoms with E-state index >= 15 is 0 Å². The average molecular weight is 251 g/mol. The minimum atomic E-state index is -0.385. The number of rotatable bonds is 1. The monoisotopic (exact) mass is 251 g/mol. The van der Waals surface area contributed by atoms with Crippen LogP contribution >= 0.6 is 12.2 Å². The second-order valence-corrected chi connectivity index (χ2v) is 4.06. The van der Waals surface area contributed by atoms with Crippen LogP contribution in [0.2, 0.25) is 0 Å². The first-order valence-electron chi connectivity index (χ1n) is 4.39. The molecule has 0 aliphatic rings. The van der Waals surface area contributed by atoms with Gasteiger partial charge in [-0.15, -0.1) is 0 Å². The quantitative estimate of drug-likeness (QED) is 0.394. The van der Waals surface area contributed by atoms with Gasteiger partial charge < -0.3 is 30.3 Å². The number of fused-ring (bicyclic) bond motifs is 1. The first-order valence-corrected chi connectivity index (χ1v) is 5.20. The lowest BCUT2D eigenvalue weighted by molar-refractivity contribution is 0.0941. The van der Waals surface area contributed by atoms with Gasteiger partial charge in [-0.25, -0.2) is 0 Å². The lowest BCUT2D eigenvalue weighted by Gasteiger charge is -2.09. The molecule has 82 valence electrons. The molecule has 0 spiro atoms.